The minimum atomic E-state index is -4.03. The number of fused-ring (bicyclic) bond motifs is 1. The second-order valence-electron chi connectivity index (χ2n) is 7.16. The summed E-state index contributed by atoms with van der Waals surface area (Å²) in [6, 6.07) is 16.9. The molecule has 2 N–H and O–H groups in total. The van der Waals surface area contributed by atoms with Crippen LogP contribution in [-0.2, 0) is 14.8 Å². The third-order valence-electron chi connectivity index (χ3n) is 4.78. The van der Waals surface area contributed by atoms with Crippen molar-refractivity contribution in [1.29, 1.82) is 0 Å². The lowest BCUT2D eigenvalue weighted by Crippen LogP contribution is -2.18. The molecule has 0 amide bonds. The summed E-state index contributed by atoms with van der Waals surface area (Å²) in [5, 5.41) is 0.409. The van der Waals surface area contributed by atoms with Crippen molar-refractivity contribution in [1.82, 2.24) is 9.97 Å². The van der Waals surface area contributed by atoms with Gasteiger partial charge in [-0.1, -0.05) is 18.2 Å². The minimum Gasteiger partial charge on any atom is -0.451 e. The third-order valence-corrected chi connectivity index (χ3v) is 6.16. The van der Waals surface area contributed by atoms with Crippen LogP contribution in [0.3, 0.4) is 0 Å². The number of carbonyl (C=O) groups is 1. The molecule has 0 aliphatic heterocycles. The Labute approximate surface area is 188 Å². The monoisotopic (exact) mass is 467 g/mol. The molecule has 4 aromatic rings. The zero-order valence-electron chi connectivity index (χ0n) is 17.3. The summed E-state index contributed by atoms with van der Waals surface area (Å²) in [4.78, 5) is 31.7. The Morgan fingerprint density at radius 2 is 1.79 bits per heavy atom. The number of nitrogens with zero attached hydrogens (tertiary/aromatic N) is 1. The van der Waals surface area contributed by atoms with Crippen LogP contribution < -0.4 is 10.3 Å². The molecule has 168 valence electrons. The molecule has 0 spiro atoms. The fraction of sp³-hybridized carbons (Fsp3) is 0.0870. The van der Waals surface area contributed by atoms with Gasteiger partial charge in [-0.05, 0) is 61.5 Å². The van der Waals surface area contributed by atoms with Crippen LogP contribution in [0.2, 0.25) is 0 Å². The van der Waals surface area contributed by atoms with Crippen molar-refractivity contribution >= 4 is 32.6 Å². The number of H-pyrrole nitrogens is 1. The van der Waals surface area contributed by atoms with Crippen LogP contribution in [0.1, 0.15) is 29.2 Å². The van der Waals surface area contributed by atoms with E-state index in [1.807, 2.05) is 0 Å². The van der Waals surface area contributed by atoms with E-state index in [9.17, 15) is 22.4 Å². The van der Waals surface area contributed by atoms with E-state index in [0.29, 0.717) is 10.9 Å². The Kier molecular flexibility index (Phi) is 5.93. The summed E-state index contributed by atoms with van der Waals surface area (Å²) in [6.07, 6.45) is -0.896. The molecule has 4 rings (SSSR count). The lowest BCUT2D eigenvalue weighted by Gasteiger charge is -2.14. The topological polar surface area (TPSA) is 118 Å². The Hall–Kier alpha value is -4.05. The molecule has 0 saturated carbocycles. The highest BCUT2D eigenvalue weighted by Crippen LogP contribution is 2.20. The lowest BCUT2D eigenvalue weighted by molar-refractivity contribution is 0.0319. The maximum atomic E-state index is 13.1. The highest BCUT2D eigenvalue weighted by Gasteiger charge is 2.20. The van der Waals surface area contributed by atoms with Gasteiger partial charge in [0.15, 0.2) is 11.9 Å². The minimum absolute atomic E-state index is 0.00744. The number of aromatic nitrogens is 2. The van der Waals surface area contributed by atoms with Gasteiger partial charge in [0.05, 0.1) is 21.4 Å². The smallest absolute Gasteiger partial charge is 0.338 e. The number of carbonyl (C=O) groups excluding carboxylic acids is 1. The van der Waals surface area contributed by atoms with Crippen LogP contribution in [0.4, 0.5) is 10.1 Å². The molecule has 1 aromatic heterocycles. The molecule has 0 saturated heterocycles. The lowest BCUT2D eigenvalue weighted by atomic mass is 10.2. The molecule has 0 radical (unpaired) electrons. The van der Waals surface area contributed by atoms with Gasteiger partial charge in [0.1, 0.15) is 5.82 Å². The molecule has 0 aliphatic carbocycles. The van der Waals surface area contributed by atoms with Crippen LogP contribution >= 0.6 is 0 Å². The number of nitrogens with one attached hydrogen (secondary N) is 2. The molecule has 1 atom stereocenters. The number of halogens is 1. The van der Waals surface area contributed by atoms with E-state index in [-0.39, 0.29) is 27.5 Å². The largest absolute Gasteiger partial charge is 0.451 e. The Morgan fingerprint density at radius 1 is 1.06 bits per heavy atom. The van der Waals surface area contributed by atoms with Crippen LogP contribution in [-0.4, -0.2) is 24.4 Å². The number of rotatable bonds is 6. The Bertz CT molecular complexity index is 1500. The summed E-state index contributed by atoms with van der Waals surface area (Å²) in [5.74, 6) is -1.13. The first-order chi connectivity index (χ1) is 15.7. The van der Waals surface area contributed by atoms with Crippen molar-refractivity contribution in [3.8, 4) is 0 Å². The van der Waals surface area contributed by atoms with Crippen LogP contribution in [0.25, 0.3) is 10.9 Å². The molecule has 0 bridgehead atoms. The summed E-state index contributed by atoms with van der Waals surface area (Å²) < 4.78 is 46.1. The second kappa shape index (κ2) is 8.83. The standard InChI is InChI=1S/C23H18FN3O5S/c1-14(21-25-20-8-3-2-7-19(20)22(28)26-21)32-23(29)15-5-4-6-18(13-15)33(30,31)27-17-11-9-16(24)10-12-17/h2-14,27H,1H3,(H,25,26,28)/t14-/m0/s1. The van der Waals surface area contributed by atoms with Gasteiger partial charge in [0, 0.05) is 5.69 Å². The number of para-hydroxylation sites is 1. The number of ether oxygens (including phenoxy) is 1. The first-order valence-corrected chi connectivity index (χ1v) is 11.3. The molecule has 10 heteroatoms. The van der Waals surface area contributed by atoms with Gasteiger partial charge in [-0.25, -0.2) is 22.6 Å². The van der Waals surface area contributed by atoms with Crippen molar-refractivity contribution in [2.24, 2.45) is 0 Å². The van der Waals surface area contributed by atoms with Crippen LogP contribution in [0.15, 0.2) is 82.5 Å². The van der Waals surface area contributed by atoms with E-state index >= 15 is 0 Å². The van der Waals surface area contributed by atoms with Gasteiger partial charge in [-0.3, -0.25) is 9.52 Å². The third kappa shape index (κ3) is 4.90. The number of anilines is 1. The zero-order valence-corrected chi connectivity index (χ0v) is 18.1. The highest BCUT2D eigenvalue weighted by molar-refractivity contribution is 7.92. The van der Waals surface area contributed by atoms with Crippen LogP contribution in [0.5, 0.6) is 0 Å². The van der Waals surface area contributed by atoms with E-state index in [1.165, 1.54) is 30.3 Å². The summed E-state index contributed by atoms with van der Waals surface area (Å²) in [7, 11) is -4.03. The van der Waals surface area contributed by atoms with Crippen LogP contribution in [0, 0.1) is 5.82 Å². The number of hydrogen-bond acceptors (Lipinski definition) is 6. The SMILES string of the molecule is C[C@H](OC(=O)c1cccc(S(=O)(=O)Nc2ccc(F)cc2)c1)c1nc2ccccc2c(=O)[nH]1. The van der Waals surface area contributed by atoms with Gasteiger partial charge < -0.3 is 9.72 Å². The molecule has 0 fully saturated rings. The average Bonchev–Trinajstić information content (AvgIpc) is 2.80. The predicted molar refractivity (Wildman–Crippen MR) is 120 cm³/mol. The van der Waals surface area contributed by atoms with E-state index < -0.39 is 27.9 Å². The maximum Gasteiger partial charge on any atom is 0.338 e. The van der Waals surface area contributed by atoms with Crippen molar-refractivity contribution < 1.29 is 22.3 Å². The molecule has 0 aliphatic rings. The summed E-state index contributed by atoms with van der Waals surface area (Å²) in [6.45, 7) is 1.54. The fourth-order valence-corrected chi connectivity index (χ4v) is 4.21. The first kappa shape index (κ1) is 22.2. The average molecular weight is 467 g/mol. The number of benzene rings is 3. The zero-order chi connectivity index (χ0) is 23.6. The Balaban J connectivity index is 1.54. The molecule has 33 heavy (non-hydrogen) atoms. The van der Waals surface area contributed by atoms with Crippen molar-refractivity contribution in [2.45, 2.75) is 17.9 Å². The molecule has 3 aromatic carbocycles. The number of sulfonamides is 1. The van der Waals surface area contributed by atoms with E-state index in [0.717, 1.165) is 18.2 Å². The predicted octanol–water partition coefficient (Wildman–Crippen LogP) is 3.78. The summed E-state index contributed by atoms with van der Waals surface area (Å²) >= 11 is 0. The van der Waals surface area contributed by atoms with Crippen molar-refractivity contribution in [3.63, 3.8) is 0 Å². The van der Waals surface area contributed by atoms with E-state index in [2.05, 4.69) is 14.7 Å². The fourth-order valence-electron chi connectivity index (χ4n) is 3.10. The quantitative estimate of drug-likeness (QED) is 0.417. The van der Waals surface area contributed by atoms with Crippen molar-refractivity contribution in [3.05, 3.63) is 100 Å². The van der Waals surface area contributed by atoms with E-state index in [4.69, 9.17) is 4.74 Å². The van der Waals surface area contributed by atoms with Gasteiger partial charge in [0.2, 0.25) is 0 Å². The Morgan fingerprint density at radius 3 is 2.55 bits per heavy atom. The van der Waals surface area contributed by atoms with Gasteiger partial charge in [0.25, 0.3) is 15.6 Å². The molecule has 0 unspecified atom stereocenters. The van der Waals surface area contributed by atoms with Crippen molar-refractivity contribution in [2.75, 3.05) is 4.72 Å². The number of hydrogen-bond donors (Lipinski definition) is 2. The second-order valence-corrected chi connectivity index (χ2v) is 8.84. The summed E-state index contributed by atoms with van der Waals surface area (Å²) in [5.41, 5.74) is 0.258. The number of aromatic amines is 1. The van der Waals surface area contributed by atoms with Gasteiger partial charge in [-0.2, -0.15) is 0 Å². The van der Waals surface area contributed by atoms with E-state index in [1.54, 1.807) is 31.2 Å². The molecule has 8 nitrogen and oxygen atoms in total. The van der Waals surface area contributed by atoms with Gasteiger partial charge >= 0.3 is 5.97 Å². The first-order valence-electron chi connectivity index (χ1n) is 9.81. The number of esters is 1. The molecular weight excluding hydrogens is 449 g/mol. The highest BCUT2D eigenvalue weighted by atomic mass is 32.2. The molecule has 1 heterocycles. The van der Waals surface area contributed by atoms with Gasteiger partial charge in [-0.15, -0.1) is 0 Å². The molecular formula is C23H18FN3O5S. The maximum absolute atomic E-state index is 13.1. The normalized spacial score (nSPS) is 12.3.